The van der Waals surface area contributed by atoms with Gasteiger partial charge in [0.25, 0.3) is 11.6 Å². The average Bonchev–Trinajstić information content (AvgIpc) is 2.45. The van der Waals surface area contributed by atoms with E-state index in [1.807, 2.05) is 4.90 Å². The van der Waals surface area contributed by atoms with E-state index in [9.17, 15) is 14.9 Å². The van der Waals surface area contributed by atoms with E-state index in [2.05, 4.69) is 15.3 Å². The molecule has 2 N–H and O–H groups in total. The number of carbonyl (C=O) groups excluding carboxylic acids is 1. The van der Waals surface area contributed by atoms with E-state index in [-0.39, 0.29) is 11.5 Å². The number of non-ortho nitro benzene ring substituents is 1. The third-order valence-corrected chi connectivity index (χ3v) is 3.40. The topological polar surface area (TPSA) is 121 Å². The van der Waals surface area contributed by atoms with Crippen molar-refractivity contribution in [3.63, 3.8) is 0 Å². The normalized spacial score (nSPS) is 13.8. The van der Waals surface area contributed by atoms with E-state index >= 15 is 0 Å². The van der Waals surface area contributed by atoms with Crippen LogP contribution in [-0.2, 0) is 4.79 Å². The van der Waals surface area contributed by atoms with Crippen LogP contribution in [0.3, 0.4) is 0 Å². The first-order chi connectivity index (χ1) is 10.6. The van der Waals surface area contributed by atoms with Crippen molar-refractivity contribution in [1.29, 1.82) is 0 Å². The Bertz CT molecular complexity index is 759. The van der Waals surface area contributed by atoms with Crippen LogP contribution in [0.15, 0.2) is 18.2 Å². The van der Waals surface area contributed by atoms with Crippen LogP contribution >= 0.6 is 0 Å². The Balaban J connectivity index is 2.10. The van der Waals surface area contributed by atoms with Crippen LogP contribution < -0.4 is 10.2 Å². The zero-order valence-corrected chi connectivity index (χ0v) is 11.5. The first-order valence-corrected chi connectivity index (χ1v) is 6.70. The van der Waals surface area contributed by atoms with Gasteiger partial charge in [0.2, 0.25) is 0 Å². The lowest BCUT2D eigenvalue weighted by atomic mass is 10.2. The van der Waals surface area contributed by atoms with Gasteiger partial charge in [0.05, 0.1) is 16.0 Å². The Labute approximate surface area is 124 Å². The molecule has 1 saturated heterocycles. The minimum absolute atomic E-state index is 0.0991. The zero-order valence-electron chi connectivity index (χ0n) is 11.5. The molecule has 1 aromatic heterocycles. The molecule has 0 saturated carbocycles. The van der Waals surface area contributed by atoms with Crippen LogP contribution in [0.2, 0.25) is 0 Å². The molecule has 114 valence electrons. The van der Waals surface area contributed by atoms with Crippen molar-refractivity contribution in [3.05, 3.63) is 28.3 Å². The number of anilines is 2. The molecule has 0 unspecified atom stereocenters. The highest BCUT2D eigenvalue weighted by Crippen LogP contribution is 2.29. The summed E-state index contributed by atoms with van der Waals surface area (Å²) in [7, 11) is 0. The van der Waals surface area contributed by atoms with Gasteiger partial charge in [-0.3, -0.25) is 14.9 Å². The molecule has 1 aliphatic heterocycles. The fraction of sp³-hybridized carbons (Fsp3) is 0.308. The minimum atomic E-state index is -0.673. The number of benzene rings is 1. The Morgan fingerprint density at radius 2 is 2.14 bits per heavy atom. The van der Waals surface area contributed by atoms with Gasteiger partial charge < -0.3 is 15.3 Å². The third-order valence-electron chi connectivity index (χ3n) is 3.40. The molecule has 3 rings (SSSR count). The highest BCUT2D eigenvalue weighted by atomic mass is 16.6. The van der Waals surface area contributed by atoms with Gasteiger partial charge in [0.1, 0.15) is 6.61 Å². The summed E-state index contributed by atoms with van der Waals surface area (Å²) >= 11 is 0. The van der Waals surface area contributed by atoms with Gasteiger partial charge in [-0.15, -0.1) is 0 Å². The standard InChI is InChI=1S/C13H13N5O4/c19-7-11(20)16-12-13(17-4-1-5-17)15-9-3-2-8(18(21)22)6-10(9)14-12/h2-3,6,19H,1,4-5,7H2,(H,14,16,20). The van der Waals surface area contributed by atoms with Crippen LogP contribution in [0, 0.1) is 10.1 Å². The number of nitrogens with zero attached hydrogens (tertiary/aromatic N) is 4. The Kier molecular flexibility index (Phi) is 3.55. The molecular weight excluding hydrogens is 290 g/mol. The van der Waals surface area contributed by atoms with E-state index in [4.69, 9.17) is 5.11 Å². The van der Waals surface area contributed by atoms with Crippen LogP contribution in [-0.4, -0.2) is 45.6 Å². The first kappa shape index (κ1) is 14.1. The fourth-order valence-corrected chi connectivity index (χ4v) is 2.15. The second-order valence-electron chi connectivity index (χ2n) is 4.87. The summed E-state index contributed by atoms with van der Waals surface area (Å²) in [4.78, 5) is 32.4. The number of nitro benzene ring substituents is 1. The predicted molar refractivity (Wildman–Crippen MR) is 78.7 cm³/mol. The maximum Gasteiger partial charge on any atom is 0.271 e. The van der Waals surface area contributed by atoms with Crippen molar-refractivity contribution in [1.82, 2.24) is 9.97 Å². The van der Waals surface area contributed by atoms with E-state index < -0.39 is 17.4 Å². The molecule has 0 radical (unpaired) electrons. The summed E-state index contributed by atoms with van der Waals surface area (Å²) in [5.74, 6) is 0.0991. The van der Waals surface area contributed by atoms with Crippen molar-refractivity contribution in [2.24, 2.45) is 0 Å². The smallest absolute Gasteiger partial charge is 0.271 e. The summed E-state index contributed by atoms with van der Waals surface area (Å²) in [6.07, 6.45) is 1.02. The maximum atomic E-state index is 11.4. The van der Waals surface area contributed by atoms with Crippen molar-refractivity contribution in [2.75, 3.05) is 29.9 Å². The number of fused-ring (bicyclic) bond motifs is 1. The Hall–Kier alpha value is -2.81. The van der Waals surface area contributed by atoms with Crippen LogP contribution in [0.5, 0.6) is 0 Å². The lowest BCUT2D eigenvalue weighted by Gasteiger charge is -2.33. The molecule has 9 heteroatoms. The average molecular weight is 303 g/mol. The molecule has 1 fully saturated rings. The lowest BCUT2D eigenvalue weighted by Crippen LogP contribution is -2.38. The SMILES string of the molecule is O=C(CO)Nc1nc2cc([N+](=O)[O-])ccc2nc1N1CCC1. The van der Waals surface area contributed by atoms with Crippen LogP contribution in [0.25, 0.3) is 11.0 Å². The molecule has 2 aromatic rings. The number of rotatable bonds is 4. The molecule has 9 nitrogen and oxygen atoms in total. The van der Waals surface area contributed by atoms with E-state index in [0.29, 0.717) is 16.9 Å². The van der Waals surface area contributed by atoms with E-state index in [0.717, 1.165) is 19.5 Å². The van der Waals surface area contributed by atoms with E-state index in [1.54, 1.807) is 0 Å². The largest absolute Gasteiger partial charge is 0.387 e. The van der Waals surface area contributed by atoms with Crippen LogP contribution in [0.4, 0.5) is 17.3 Å². The van der Waals surface area contributed by atoms with Gasteiger partial charge in [-0.1, -0.05) is 0 Å². The molecule has 1 aliphatic rings. The van der Waals surface area contributed by atoms with Gasteiger partial charge in [0, 0.05) is 25.2 Å². The molecule has 1 aromatic carbocycles. The summed E-state index contributed by atoms with van der Waals surface area (Å²) in [6.45, 7) is 0.929. The monoisotopic (exact) mass is 303 g/mol. The minimum Gasteiger partial charge on any atom is -0.387 e. The van der Waals surface area contributed by atoms with E-state index in [1.165, 1.54) is 18.2 Å². The second-order valence-corrected chi connectivity index (χ2v) is 4.87. The molecule has 0 aliphatic carbocycles. The Morgan fingerprint density at radius 3 is 2.73 bits per heavy atom. The quantitative estimate of drug-likeness (QED) is 0.629. The maximum absolute atomic E-state index is 11.4. The van der Waals surface area contributed by atoms with Gasteiger partial charge in [-0.05, 0) is 12.5 Å². The summed E-state index contributed by atoms with van der Waals surface area (Å²) < 4.78 is 0. The number of amides is 1. The summed E-state index contributed by atoms with van der Waals surface area (Å²) in [5.41, 5.74) is 0.721. The highest BCUT2D eigenvalue weighted by Gasteiger charge is 2.22. The number of aliphatic hydroxyl groups excluding tert-OH is 1. The second kappa shape index (κ2) is 5.53. The molecule has 0 atom stereocenters. The molecule has 22 heavy (non-hydrogen) atoms. The third kappa shape index (κ3) is 2.53. The first-order valence-electron chi connectivity index (χ1n) is 6.70. The predicted octanol–water partition coefficient (Wildman–Crippen LogP) is 0.679. The van der Waals surface area contributed by atoms with Gasteiger partial charge in [-0.2, -0.15) is 0 Å². The molecule has 0 spiro atoms. The number of carbonyl (C=O) groups is 1. The molecule has 2 heterocycles. The summed E-state index contributed by atoms with van der Waals surface area (Å²) in [5, 5.41) is 22.2. The molecule has 1 amide bonds. The van der Waals surface area contributed by atoms with Crippen molar-refractivity contribution in [2.45, 2.75) is 6.42 Å². The number of hydrogen-bond donors (Lipinski definition) is 2. The van der Waals surface area contributed by atoms with Crippen molar-refractivity contribution >= 4 is 34.3 Å². The number of aromatic nitrogens is 2. The molecule has 0 bridgehead atoms. The lowest BCUT2D eigenvalue weighted by molar-refractivity contribution is -0.384. The summed E-state index contributed by atoms with van der Waals surface area (Å²) in [6, 6.07) is 4.20. The number of nitro groups is 1. The van der Waals surface area contributed by atoms with Gasteiger partial charge >= 0.3 is 0 Å². The van der Waals surface area contributed by atoms with Gasteiger partial charge in [0.15, 0.2) is 11.6 Å². The van der Waals surface area contributed by atoms with Gasteiger partial charge in [-0.25, -0.2) is 9.97 Å². The zero-order chi connectivity index (χ0) is 15.7. The van der Waals surface area contributed by atoms with Crippen LogP contribution in [0.1, 0.15) is 6.42 Å². The van der Waals surface area contributed by atoms with Crippen molar-refractivity contribution < 1.29 is 14.8 Å². The van der Waals surface area contributed by atoms with Crippen molar-refractivity contribution in [3.8, 4) is 0 Å². The fourth-order valence-electron chi connectivity index (χ4n) is 2.15. The number of aliphatic hydroxyl groups is 1. The highest BCUT2D eigenvalue weighted by molar-refractivity contribution is 5.95. The molecular formula is C13H13N5O4. The number of nitrogens with one attached hydrogen (secondary N) is 1. The number of hydrogen-bond acceptors (Lipinski definition) is 7. The Morgan fingerprint density at radius 1 is 1.36 bits per heavy atom.